The average Bonchev–Trinajstić information content (AvgIpc) is 2.46. The highest BCUT2D eigenvalue weighted by Crippen LogP contribution is 2.20. The zero-order chi connectivity index (χ0) is 15.7. The van der Waals surface area contributed by atoms with Crippen molar-refractivity contribution in [3.63, 3.8) is 0 Å². The third kappa shape index (κ3) is 8.32. The summed E-state index contributed by atoms with van der Waals surface area (Å²) in [6.07, 6.45) is 6.86. The summed E-state index contributed by atoms with van der Waals surface area (Å²) in [7, 11) is 0. The lowest BCUT2D eigenvalue weighted by Crippen LogP contribution is -2.23. The van der Waals surface area contributed by atoms with Crippen molar-refractivity contribution in [3.05, 3.63) is 0 Å². The Labute approximate surface area is 128 Å². The number of carbonyl (C=O) groups excluding carboxylic acids is 2. The SMILES string of the molecule is C[C@H](CCOC1CCCCO1)CCC(=O)CC(C)(C)C=O. The first-order valence-corrected chi connectivity index (χ1v) is 8.14. The lowest BCUT2D eigenvalue weighted by molar-refractivity contribution is -0.164. The first-order valence-electron chi connectivity index (χ1n) is 8.14. The first-order chi connectivity index (χ1) is 9.93. The zero-order valence-electron chi connectivity index (χ0n) is 13.7. The van der Waals surface area contributed by atoms with E-state index in [1.807, 2.05) is 0 Å². The number of hydrogen-bond acceptors (Lipinski definition) is 4. The van der Waals surface area contributed by atoms with Gasteiger partial charge in [0.05, 0.1) is 0 Å². The van der Waals surface area contributed by atoms with Gasteiger partial charge >= 0.3 is 0 Å². The Morgan fingerprint density at radius 3 is 2.76 bits per heavy atom. The molecule has 1 heterocycles. The Hall–Kier alpha value is -0.740. The van der Waals surface area contributed by atoms with Gasteiger partial charge in [-0.1, -0.05) is 20.8 Å². The van der Waals surface area contributed by atoms with Crippen molar-refractivity contribution in [1.82, 2.24) is 0 Å². The van der Waals surface area contributed by atoms with Gasteiger partial charge in [0.25, 0.3) is 0 Å². The molecule has 0 radical (unpaired) electrons. The Kier molecular flexibility index (Phi) is 8.12. The van der Waals surface area contributed by atoms with Gasteiger partial charge in [-0.25, -0.2) is 0 Å². The van der Waals surface area contributed by atoms with Crippen LogP contribution >= 0.6 is 0 Å². The summed E-state index contributed by atoms with van der Waals surface area (Å²) in [6, 6.07) is 0. The Bertz CT molecular complexity index is 319. The highest BCUT2D eigenvalue weighted by Gasteiger charge is 2.21. The van der Waals surface area contributed by atoms with Crippen molar-refractivity contribution in [2.24, 2.45) is 11.3 Å². The predicted molar refractivity (Wildman–Crippen MR) is 82.0 cm³/mol. The number of hydrogen-bond donors (Lipinski definition) is 0. The summed E-state index contributed by atoms with van der Waals surface area (Å²) in [5.74, 6) is 0.632. The molecule has 0 saturated carbocycles. The minimum absolute atomic E-state index is 0.0269. The molecule has 1 rings (SSSR count). The summed E-state index contributed by atoms with van der Waals surface area (Å²) in [4.78, 5) is 22.6. The van der Waals surface area contributed by atoms with Crippen LogP contribution in [0.2, 0.25) is 0 Å². The minimum Gasteiger partial charge on any atom is -0.353 e. The van der Waals surface area contributed by atoms with Crippen LogP contribution in [0.4, 0.5) is 0 Å². The molecule has 0 aromatic rings. The molecule has 0 aromatic carbocycles. The zero-order valence-corrected chi connectivity index (χ0v) is 13.7. The van der Waals surface area contributed by atoms with E-state index in [0.29, 0.717) is 25.4 Å². The summed E-state index contributed by atoms with van der Waals surface area (Å²) >= 11 is 0. The van der Waals surface area contributed by atoms with Crippen LogP contribution in [0, 0.1) is 11.3 Å². The lowest BCUT2D eigenvalue weighted by atomic mass is 9.87. The topological polar surface area (TPSA) is 52.6 Å². The van der Waals surface area contributed by atoms with Crippen LogP contribution in [0.3, 0.4) is 0 Å². The van der Waals surface area contributed by atoms with Crippen molar-refractivity contribution in [2.75, 3.05) is 13.2 Å². The van der Waals surface area contributed by atoms with Crippen LogP contribution in [0.1, 0.15) is 65.7 Å². The second kappa shape index (κ2) is 9.31. The molecule has 0 amide bonds. The summed E-state index contributed by atoms with van der Waals surface area (Å²) in [5.41, 5.74) is -0.526. The highest BCUT2D eigenvalue weighted by molar-refractivity contribution is 5.82. The predicted octanol–water partition coefficient (Wildman–Crippen LogP) is 3.52. The van der Waals surface area contributed by atoms with E-state index in [1.165, 1.54) is 6.42 Å². The van der Waals surface area contributed by atoms with Crippen LogP contribution < -0.4 is 0 Å². The van der Waals surface area contributed by atoms with Gasteiger partial charge in [-0.15, -0.1) is 0 Å². The van der Waals surface area contributed by atoms with Gasteiger partial charge in [0.15, 0.2) is 6.29 Å². The Morgan fingerprint density at radius 2 is 2.14 bits per heavy atom. The van der Waals surface area contributed by atoms with Crippen molar-refractivity contribution < 1.29 is 19.1 Å². The lowest BCUT2D eigenvalue weighted by Gasteiger charge is -2.23. The number of ether oxygens (including phenoxy) is 2. The molecule has 2 atom stereocenters. The van der Waals surface area contributed by atoms with Crippen LogP contribution in [0.15, 0.2) is 0 Å². The van der Waals surface area contributed by atoms with Gasteiger partial charge < -0.3 is 14.3 Å². The molecular formula is C17H30O4. The molecule has 0 bridgehead atoms. The van der Waals surface area contributed by atoms with Gasteiger partial charge in [-0.3, -0.25) is 4.79 Å². The molecule has 1 aliphatic heterocycles. The molecule has 0 spiro atoms. The fourth-order valence-corrected chi connectivity index (χ4v) is 2.43. The number of ketones is 1. The van der Waals surface area contributed by atoms with Gasteiger partial charge in [-0.2, -0.15) is 0 Å². The van der Waals surface area contributed by atoms with Crippen LogP contribution in [-0.4, -0.2) is 31.6 Å². The molecule has 0 aromatic heterocycles. The van der Waals surface area contributed by atoms with E-state index in [0.717, 1.165) is 38.6 Å². The standard InChI is InChI=1S/C17H30O4/c1-14(7-8-15(19)12-17(2,3)13-18)9-11-21-16-6-4-5-10-20-16/h13-14,16H,4-12H2,1-3H3/t14-,16?/m0/s1. The van der Waals surface area contributed by atoms with Crippen molar-refractivity contribution >= 4 is 12.1 Å². The molecule has 4 nitrogen and oxygen atoms in total. The molecular weight excluding hydrogens is 268 g/mol. The molecule has 122 valence electrons. The van der Waals surface area contributed by atoms with Gasteiger partial charge in [-0.05, 0) is 38.0 Å². The monoisotopic (exact) mass is 298 g/mol. The maximum absolute atomic E-state index is 11.8. The van der Waals surface area contributed by atoms with E-state index in [9.17, 15) is 9.59 Å². The van der Waals surface area contributed by atoms with Gasteiger partial charge in [0, 0.05) is 31.5 Å². The van der Waals surface area contributed by atoms with Crippen molar-refractivity contribution in [3.8, 4) is 0 Å². The average molecular weight is 298 g/mol. The van der Waals surface area contributed by atoms with E-state index in [2.05, 4.69) is 6.92 Å². The molecule has 1 unspecified atom stereocenters. The summed E-state index contributed by atoms with van der Waals surface area (Å²) in [5, 5.41) is 0. The van der Waals surface area contributed by atoms with Crippen LogP contribution in [0.5, 0.6) is 0 Å². The molecule has 0 N–H and O–H groups in total. The molecule has 1 aliphatic rings. The third-order valence-corrected chi connectivity index (χ3v) is 3.94. The fourth-order valence-electron chi connectivity index (χ4n) is 2.43. The van der Waals surface area contributed by atoms with E-state index in [4.69, 9.17) is 9.47 Å². The smallest absolute Gasteiger partial charge is 0.157 e. The second-order valence-electron chi connectivity index (χ2n) is 6.92. The minimum atomic E-state index is -0.526. The van der Waals surface area contributed by atoms with E-state index in [-0.39, 0.29) is 12.1 Å². The molecule has 1 saturated heterocycles. The maximum Gasteiger partial charge on any atom is 0.157 e. The van der Waals surface area contributed by atoms with Crippen LogP contribution in [0.25, 0.3) is 0 Å². The first kappa shape index (κ1) is 18.3. The number of rotatable bonds is 10. The summed E-state index contributed by atoms with van der Waals surface area (Å²) in [6.45, 7) is 7.25. The largest absolute Gasteiger partial charge is 0.353 e. The van der Waals surface area contributed by atoms with E-state index < -0.39 is 5.41 Å². The number of carbonyl (C=O) groups is 2. The summed E-state index contributed by atoms with van der Waals surface area (Å²) < 4.78 is 11.2. The van der Waals surface area contributed by atoms with Crippen LogP contribution in [-0.2, 0) is 19.1 Å². The van der Waals surface area contributed by atoms with Gasteiger partial charge in [0.1, 0.15) is 12.1 Å². The molecule has 4 heteroatoms. The number of aldehydes is 1. The molecule has 0 aliphatic carbocycles. The Balaban J connectivity index is 2.08. The second-order valence-corrected chi connectivity index (χ2v) is 6.92. The Morgan fingerprint density at radius 1 is 1.38 bits per heavy atom. The quantitative estimate of drug-likeness (QED) is 0.579. The van der Waals surface area contributed by atoms with E-state index in [1.54, 1.807) is 13.8 Å². The maximum atomic E-state index is 11.8. The molecule has 1 fully saturated rings. The highest BCUT2D eigenvalue weighted by atomic mass is 16.7. The van der Waals surface area contributed by atoms with Crippen molar-refractivity contribution in [2.45, 2.75) is 72.0 Å². The van der Waals surface area contributed by atoms with Crippen molar-refractivity contribution in [1.29, 1.82) is 0 Å². The van der Waals surface area contributed by atoms with Gasteiger partial charge in [0.2, 0.25) is 0 Å². The fraction of sp³-hybridized carbons (Fsp3) is 0.882. The normalized spacial score (nSPS) is 21.0. The molecule has 21 heavy (non-hydrogen) atoms. The third-order valence-electron chi connectivity index (χ3n) is 3.94. The van der Waals surface area contributed by atoms with E-state index >= 15 is 0 Å². The number of Topliss-reactive ketones (excluding diaryl/α,β-unsaturated/α-hetero) is 1.